The molecule has 0 fully saturated rings. The van der Waals surface area contributed by atoms with Gasteiger partial charge in [0, 0.05) is 5.02 Å². The number of rotatable bonds is 2. The summed E-state index contributed by atoms with van der Waals surface area (Å²) in [5, 5.41) is 8.17. The molecule has 0 saturated carbocycles. The third kappa shape index (κ3) is 2.41. The zero-order chi connectivity index (χ0) is 18.6. The molecule has 132 valence electrons. The minimum absolute atomic E-state index is 0.0183. The van der Waals surface area contributed by atoms with E-state index in [4.69, 9.17) is 11.6 Å². The summed E-state index contributed by atoms with van der Waals surface area (Å²) in [6.45, 7) is 3.59. The first-order chi connectivity index (χ1) is 12.3. The highest BCUT2D eigenvalue weighted by Crippen LogP contribution is 2.26. The maximum absolute atomic E-state index is 13.1. The SMILES string of the molecule is Cc1ccc(S(=O)(=O)c2nnn3c2[nH]c(=O)c2cc(Cl)ccc23)c(C)c1. The molecule has 7 nitrogen and oxygen atoms in total. The maximum atomic E-state index is 13.1. The third-order valence-corrected chi connectivity index (χ3v) is 6.23. The van der Waals surface area contributed by atoms with E-state index in [0.717, 1.165) is 5.56 Å². The largest absolute Gasteiger partial charge is 0.304 e. The summed E-state index contributed by atoms with van der Waals surface area (Å²) in [5.74, 6) is 0. The Bertz CT molecular complexity index is 1360. The summed E-state index contributed by atoms with van der Waals surface area (Å²) >= 11 is 5.94. The van der Waals surface area contributed by atoms with Crippen LogP contribution in [0, 0.1) is 13.8 Å². The Morgan fingerprint density at radius 3 is 2.62 bits per heavy atom. The second-order valence-corrected chi connectivity index (χ2v) is 8.31. The molecule has 2 aromatic carbocycles. The van der Waals surface area contributed by atoms with Gasteiger partial charge in [-0.05, 0) is 43.7 Å². The standard InChI is InChI=1S/C17H13ClN4O3S/c1-9-3-6-14(10(2)7-9)26(24,25)17-15-19-16(23)12-8-11(18)4-5-13(12)22(15)21-20-17/h3-8H,1-2H3,(H,19,23). The Hall–Kier alpha value is -2.71. The zero-order valence-electron chi connectivity index (χ0n) is 13.8. The molecule has 0 aliphatic rings. The average molecular weight is 389 g/mol. The van der Waals surface area contributed by atoms with Gasteiger partial charge in [0.2, 0.25) is 14.9 Å². The van der Waals surface area contributed by atoms with E-state index in [1.807, 2.05) is 6.92 Å². The Morgan fingerprint density at radius 1 is 1.12 bits per heavy atom. The van der Waals surface area contributed by atoms with Crippen LogP contribution in [0.5, 0.6) is 0 Å². The van der Waals surface area contributed by atoms with E-state index in [-0.39, 0.29) is 15.6 Å². The number of fused-ring (bicyclic) bond motifs is 3. The smallest absolute Gasteiger partial charge is 0.259 e. The molecule has 4 rings (SSSR count). The Morgan fingerprint density at radius 2 is 1.88 bits per heavy atom. The van der Waals surface area contributed by atoms with Crippen LogP contribution in [0.25, 0.3) is 16.6 Å². The van der Waals surface area contributed by atoms with Crippen molar-refractivity contribution in [2.24, 2.45) is 0 Å². The van der Waals surface area contributed by atoms with Gasteiger partial charge in [-0.25, -0.2) is 8.42 Å². The lowest BCUT2D eigenvalue weighted by Gasteiger charge is -2.07. The van der Waals surface area contributed by atoms with Crippen molar-refractivity contribution in [1.82, 2.24) is 19.8 Å². The van der Waals surface area contributed by atoms with E-state index in [0.29, 0.717) is 21.5 Å². The first kappa shape index (κ1) is 16.7. The number of aryl methyl sites for hydroxylation is 2. The van der Waals surface area contributed by atoms with Crippen LogP contribution in [-0.2, 0) is 9.84 Å². The second-order valence-electron chi connectivity index (χ2n) is 6.04. The van der Waals surface area contributed by atoms with Crippen LogP contribution in [0.3, 0.4) is 0 Å². The van der Waals surface area contributed by atoms with E-state index >= 15 is 0 Å². The van der Waals surface area contributed by atoms with Crippen molar-refractivity contribution < 1.29 is 8.42 Å². The van der Waals surface area contributed by atoms with Crippen LogP contribution in [0.2, 0.25) is 5.02 Å². The van der Waals surface area contributed by atoms with Crippen molar-refractivity contribution in [3.05, 3.63) is 62.9 Å². The quantitative estimate of drug-likeness (QED) is 0.569. The van der Waals surface area contributed by atoms with Crippen molar-refractivity contribution in [1.29, 1.82) is 0 Å². The minimum Gasteiger partial charge on any atom is -0.304 e. The van der Waals surface area contributed by atoms with Gasteiger partial charge in [-0.3, -0.25) is 4.79 Å². The molecule has 1 N–H and O–H groups in total. The molecule has 9 heteroatoms. The van der Waals surface area contributed by atoms with Crippen LogP contribution >= 0.6 is 11.6 Å². The van der Waals surface area contributed by atoms with Crippen LogP contribution < -0.4 is 5.56 Å². The summed E-state index contributed by atoms with van der Waals surface area (Å²) < 4.78 is 27.5. The van der Waals surface area contributed by atoms with Crippen LogP contribution in [0.4, 0.5) is 0 Å². The van der Waals surface area contributed by atoms with Gasteiger partial charge in [0.1, 0.15) is 0 Å². The molecule has 0 spiro atoms. The van der Waals surface area contributed by atoms with Crippen molar-refractivity contribution in [3.63, 3.8) is 0 Å². The molecule has 0 unspecified atom stereocenters. The van der Waals surface area contributed by atoms with E-state index in [9.17, 15) is 13.2 Å². The van der Waals surface area contributed by atoms with Gasteiger partial charge in [-0.1, -0.05) is 34.5 Å². The fourth-order valence-corrected chi connectivity index (χ4v) is 4.63. The Kier molecular flexibility index (Phi) is 3.64. The van der Waals surface area contributed by atoms with E-state index in [1.165, 1.54) is 16.6 Å². The van der Waals surface area contributed by atoms with Gasteiger partial charge in [0.05, 0.1) is 15.8 Å². The lowest BCUT2D eigenvalue weighted by atomic mass is 10.2. The topological polar surface area (TPSA) is 97.2 Å². The summed E-state index contributed by atoms with van der Waals surface area (Å²) in [6.07, 6.45) is 0. The number of benzene rings is 2. The molecule has 2 heterocycles. The molecule has 0 amide bonds. The van der Waals surface area contributed by atoms with E-state index in [1.54, 1.807) is 31.2 Å². The molecule has 26 heavy (non-hydrogen) atoms. The summed E-state index contributed by atoms with van der Waals surface area (Å²) in [6, 6.07) is 9.72. The monoisotopic (exact) mass is 388 g/mol. The summed E-state index contributed by atoms with van der Waals surface area (Å²) in [7, 11) is -3.95. The number of hydrogen-bond donors (Lipinski definition) is 1. The van der Waals surface area contributed by atoms with Gasteiger partial charge in [0.15, 0.2) is 5.65 Å². The Balaban J connectivity index is 2.05. The number of H-pyrrole nitrogens is 1. The van der Waals surface area contributed by atoms with Crippen LogP contribution in [0.1, 0.15) is 11.1 Å². The predicted octanol–water partition coefficient (Wildman–Crippen LogP) is 2.67. The van der Waals surface area contributed by atoms with Crippen molar-refractivity contribution in [3.8, 4) is 0 Å². The first-order valence-electron chi connectivity index (χ1n) is 7.68. The van der Waals surface area contributed by atoms with Crippen molar-refractivity contribution in [2.75, 3.05) is 0 Å². The molecule has 2 aromatic heterocycles. The van der Waals surface area contributed by atoms with Crippen molar-refractivity contribution >= 4 is 38.0 Å². The summed E-state index contributed by atoms with van der Waals surface area (Å²) in [4.78, 5) is 15.1. The molecule has 0 aliphatic heterocycles. The van der Waals surface area contributed by atoms with Gasteiger partial charge < -0.3 is 4.98 Å². The highest BCUT2D eigenvalue weighted by atomic mass is 35.5. The molecule has 0 atom stereocenters. The van der Waals surface area contributed by atoms with Gasteiger partial charge in [0.25, 0.3) is 5.56 Å². The predicted molar refractivity (Wildman–Crippen MR) is 97.5 cm³/mol. The minimum atomic E-state index is -3.95. The van der Waals surface area contributed by atoms with Gasteiger partial charge in [-0.15, -0.1) is 5.10 Å². The lowest BCUT2D eigenvalue weighted by Crippen LogP contribution is -2.12. The number of aromatic nitrogens is 4. The van der Waals surface area contributed by atoms with E-state index in [2.05, 4.69) is 15.3 Å². The van der Waals surface area contributed by atoms with Crippen LogP contribution in [-0.4, -0.2) is 28.2 Å². The average Bonchev–Trinajstić information content (AvgIpc) is 2.99. The normalized spacial score (nSPS) is 12.1. The number of sulfone groups is 1. The number of nitrogens with zero attached hydrogens (tertiary/aromatic N) is 3. The number of nitrogens with one attached hydrogen (secondary N) is 1. The van der Waals surface area contributed by atoms with Crippen molar-refractivity contribution in [2.45, 2.75) is 23.8 Å². The molecular formula is C17H13ClN4O3S. The van der Waals surface area contributed by atoms with E-state index < -0.39 is 15.4 Å². The molecule has 0 radical (unpaired) electrons. The molecule has 0 bridgehead atoms. The highest BCUT2D eigenvalue weighted by Gasteiger charge is 2.27. The number of aromatic amines is 1. The first-order valence-corrected chi connectivity index (χ1v) is 9.54. The Labute approximate surface area is 153 Å². The molecule has 4 aromatic rings. The number of hydrogen-bond acceptors (Lipinski definition) is 5. The third-order valence-electron chi connectivity index (χ3n) is 4.18. The second kappa shape index (κ2) is 5.65. The van der Waals surface area contributed by atoms with Gasteiger partial charge in [-0.2, -0.15) is 4.52 Å². The summed E-state index contributed by atoms with van der Waals surface area (Å²) in [5.41, 5.74) is 1.52. The van der Waals surface area contributed by atoms with Crippen LogP contribution in [0.15, 0.2) is 51.1 Å². The fraction of sp³-hybridized carbons (Fsp3) is 0.118. The zero-order valence-corrected chi connectivity index (χ0v) is 15.4. The maximum Gasteiger partial charge on any atom is 0.259 e. The molecular weight excluding hydrogens is 376 g/mol. The van der Waals surface area contributed by atoms with Gasteiger partial charge >= 0.3 is 0 Å². The lowest BCUT2D eigenvalue weighted by molar-refractivity contribution is 0.592. The molecule has 0 saturated heterocycles. The molecule has 0 aliphatic carbocycles. The fourth-order valence-electron chi connectivity index (χ4n) is 2.98. The number of halogens is 1. The highest BCUT2D eigenvalue weighted by molar-refractivity contribution is 7.91.